The van der Waals surface area contributed by atoms with Crippen LogP contribution in [0.2, 0.25) is 0 Å². The summed E-state index contributed by atoms with van der Waals surface area (Å²) in [5, 5.41) is 20.6. The molecule has 26 heavy (non-hydrogen) atoms. The van der Waals surface area contributed by atoms with E-state index < -0.39 is 69.0 Å². The molecule has 0 radical (unpaired) electrons. The molecule has 0 aromatic heterocycles. The normalized spacial score (nSPS) is 13.1. The molecular weight excluding hydrogens is 408 g/mol. The van der Waals surface area contributed by atoms with Crippen LogP contribution in [0.1, 0.15) is 30.9 Å². The van der Waals surface area contributed by atoms with Gasteiger partial charge >= 0.3 is 0 Å². The van der Waals surface area contributed by atoms with Crippen molar-refractivity contribution in [3.05, 3.63) is 11.1 Å². The Balaban J connectivity index is 3.61. The van der Waals surface area contributed by atoms with Crippen molar-refractivity contribution >= 4 is 29.8 Å². The van der Waals surface area contributed by atoms with Crippen molar-refractivity contribution in [2.24, 2.45) is 0 Å². The number of phenols is 2. The van der Waals surface area contributed by atoms with Gasteiger partial charge in [-0.3, -0.25) is 4.55 Å². The lowest BCUT2D eigenvalue weighted by Gasteiger charge is -2.18. The van der Waals surface area contributed by atoms with E-state index in [4.69, 9.17) is 4.55 Å². The first-order valence-electron chi connectivity index (χ1n) is 7.61. The highest BCUT2D eigenvalue weighted by Gasteiger charge is 2.33. The molecule has 0 fully saturated rings. The maximum Gasteiger partial charge on any atom is 0.264 e. The topological polar surface area (TPSA) is 163 Å². The zero-order valence-electron chi connectivity index (χ0n) is 14.6. The first-order valence-corrected chi connectivity index (χ1v) is 12.5. The van der Waals surface area contributed by atoms with Crippen molar-refractivity contribution in [1.82, 2.24) is 0 Å². The molecular formula is C14H22O9S3. The van der Waals surface area contributed by atoms with E-state index in [2.05, 4.69) is 0 Å². The third-order valence-electron chi connectivity index (χ3n) is 3.73. The van der Waals surface area contributed by atoms with Crippen LogP contribution in [-0.4, -0.2) is 57.3 Å². The molecule has 0 aliphatic heterocycles. The maximum absolute atomic E-state index is 12.5. The van der Waals surface area contributed by atoms with Gasteiger partial charge in [-0.05, 0) is 26.7 Å². The quantitative estimate of drug-likeness (QED) is 0.402. The fourth-order valence-corrected chi connectivity index (χ4v) is 6.77. The molecule has 0 spiro atoms. The minimum absolute atomic E-state index is 0.162. The maximum atomic E-state index is 12.5. The monoisotopic (exact) mass is 430 g/mol. The van der Waals surface area contributed by atoms with Crippen molar-refractivity contribution in [2.45, 2.75) is 43.4 Å². The fraction of sp³-hybridized carbons (Fsp3) is 0.571. The van der Waals surface area contributed by atoms with Gasteiger partial charge in [0.2, 0.25) is 0 Å². The summed E-state index contributed by atoms with van der Waals surface area (Å²) in [4.78, 5) is -1.42. The number of rotatable bonds is 8. The highest BCUT2D eigenvalue weighted by Crippen LogP contribution is 2.42. The minimum Gasteiger partial charge on any atom is -0.507 e. The number of hydrogen-bond acceptors (Lipinski definition) is 8. The highest BCUT2D eigenvalue weighted by molar-refractivity contribution is 7.92. The molecule has 0 atom stereocenters. The van der Waals surface area contributed by atoms with E-state index >= 15 is 0 Å². The molecule has 150 valence electrons. The van der Waals surface area contributed by atoms with Crippen LogP contribution in [0.3, 0.4) is 0 Å². The van der Waals surface area contributed by atoms with Crippen LogP contribution >= 0.6 is 0 Å². The van der Waals surface area contributed by atoms with Gasteiger partial charge in [-0.1, -0.05) is 6.92 Å². The Bertz CT molecular complexity index is 1000. The van der Waals surface area contributed by atoms with E-state index in [0.29, 0.717) is 0 Å². The van der Waals surface area contributed by atoms with Crippen LogP contribution in [-0.2, 0) is 29.8 Å². The van der Waals surface area contributed by atoms with Gasteiger partial charge in [0.25, 0.3) is 10.1 Å². The van der Waals surface area contributed by atoms with Gasteiger partial charge in [-0.2, -0.15) is 8.42 Å². The lowest BCUT2D eigenvalue weighted by Crippen LogP contribution is -2.16. The van der Waals surface area contributed by atoms with Crippen molar-refractivity contribution in [1.29, 1.82) is 0 Å². The van der Waals surface area contributed by atoms with Crippen molar-refractivity contribution in [3.8, 4) is 11.5 Å². The van der Waals surface area contributed by atoms with Gasteiger partial charge in [-0.25, -0.2) is 16.8 Å². The van der Waals surface area contributed by atoms with Gasteiger partial charge in [0, 0.05) is 11.1 Å². The fourth-order valence-electron chi connectivity index (χ4n) is 2.62. The Morgan fingerprint density at radius 2 is 1.15 bits per heavy atom. The Hall–Kier alpha value is -1.37. The zero-order chi connectivity index (χ0) is 20.5. The highest BCUT2D eigenvalue weighted by atomic mass is 32.2. The third-order valence-corrected chi connectivity index (χ3v) is 8.55. The number of phenolic OH excluding ortho intramolecular Hbond substituents is 2. The first kappa shape index (κ1) is 22.7. The Labute approximate surface area is 153 Å². The first-order chi connectivity index (χ1) is 11.7. The van der Waals surface area contributed by atoms with Gasteiger partial charge in [0.1, 0.15) is 15.5 Å². The molecule has 0 amide bonds. The van der Waals surface area contributed by atoms with E-state index in [1.54, 1.807) is 6.92 Å². The Kier molecular flexibility index (Phi) is 6.72. The van der Waals surface area contributed by atoms with Crippen molar-refractivity contribution in [3.63, 3.8) is 0 Å². The standard InChI is InChI=1S/C14H22O9S3/c1-4-6-24(17,18)13-9(2)11(15)10(3)14(12(13)16)25(19,20)7-5-8-26(21,22)23/h15-16H,4-8H2,1-3H3,(H,21,22,23). The average molecular weight is 431 g/mol. The molecule has 0 saturated heterocycles. The van der Waals surface area contributed by atoms with E-state index in [-0.39, 0.29) is 23.3 Å². The van der Waals surface area contributed by atoms with Crippen molar-refractivity contribution in [2.75, 3.05) is 17.3 Å². The summed E-state index contributed by atoms with van der Waals surface area (Å²) in [7, 11) is -12.8. The summed E-state index contributed by atoms with van der Waals surface area (Å²) in [6.07, 6.45) is -0.252. The SMILES string of the molecule is CCCS(=O)(=O)c1c(C)c(O)c(C)c(S(=O)(=O)CCCS(=O)(=O)O)c1O. The predicted molar refractivity (Wildman–Crippen MR) is 94.7 cm³/mol. The smallest absolute Gasteiger partial charge is 0.264 e. The molecule has 12 heteroatoms. The molecule has 1 aromatic rings. The van der Waals surface area contributed by atoms with Gasteiger partial charge in [0.05, 0.1) is 17.3 Å². The molecule has 9 nitrogen and oxygen atoms in total. The van der Waals surface area contributed by atoms with E-state index in [0.717, 1.165) is 0 Å². The van der Waals surface area contributed by atoms with Crippen LogP contribution < -0.4 is 0 Å². The number of aromatic hydroxyl groups is 2. The van der Waals surface area contributed by atoms with Crippen LogP contribution in [0.5, 0.6) is 11.5 Å². The van der Waals surface area contributed by atoms with Crippen LogP contribution in [0.4, 0.5) is 0 Å². The second kappa shape index (κ2) is 7.71. The molecule has 0 heterocycles. The molecule has 1 aromatic carbocycles. The Morgan fingerprint density at radius 3 is 1.54 bits per heavy atom. The van der Waals surface area contributed by atoms with E-state index in [1.165, 1.54) is 13.8 Å². The molecule has 1 rings (SSSR count). The van der Waals surface area contributed by atoms with Gasteiger partial charge in [-0.15, -0.1) is 0 Å². The number of sulfone groups is 2. The molecule has 0 bridgehead atoms. The van der Waals surface area contributed by atoms with Crippen molar-refractivity contribution < 1.29 is 40.0 Å². The summed E-state index contributed by atoms with van der Waals surface area (Å²) in [6, 6.07) is 0. The minimum atomic E-state index is -4.37. The molecule has 0 aliphatic rings. The summed E-state index contributed by atoms with van der Waals surface area (Å²) in [5.41, 5.74) is -0.396. The molecule has 3 N–H and O–H groups in total. The predicted octanol–water partition coefficient (Wildman–Crippen LogP) is 0.950. The third kappa shape index (κ3) is 4.87. The average Bonchev–Trinajstić information content (AvgIpc) is 2.42. The molecule has 0 unspecified atom stereocenters. The van der Waals surface area contributed by atoms with Gasteiger partial charge < -0.3 is 10.2 Å². The second-order valence-corrected chi connectivity index (χ2v) is 11.5. The summed E-state index contributed by atoms with van der Waals surface area (Å²) < 4.78 is 80.0. The number of hydrogen-bond donors (Lipinski definition) is 3. The lowest BCUT2D eigenvalue weighted by atomic mass is 10.1. The lowest BCUT2D eigenvalue weighted by molar-refractivity contribution is 0.422. The van der Waals surface area contributed by atoms with E-state index in [1.807, 2.05) is 0 Å². The zero-order valence-corrected chi connectivity index (χ0v) is 17.0. The van der Waals surface area contributed by atoms with Crippen LogP contribution in [0, 0.1) is 13.8 Å². The van der Waals surface area contributed by atoms with Crippen LogP contribution in [0.15, 0.2) is 9.79 Å². The second-order valence-electron chi connectivity index (χ2n) is 5.88. The summed E-state index contributed by atoms with van der Waals surface area (Å²) >= 11 is 0. The summed E-state index contributed by atoms with van der Waals surface area (Å²) in [5.74, 6) is -3.50. The summed E-state index contributed by atoms with van der Waals surface area (Å²) in [6.45, 7) is 4.04. The molecule has 0 saturated carbocycles. The van der Waals surface area contributed by atoms with Gasteiger partial charge in [0.15, 0.2) is 25.4 Å². The number of benzene rings is 1. The van der Waals surface area contributed by atoms with E-state index in [9.17, 15) is 35.5 Å². The van der Waals surface area contributed by atoms with Crippen LogP contribution in [0.25, 0.3) is 0 Å². The largest absolute Gasteiger partial charge is 0.507 e. The molecule has 0 aliphatic carbocycles. The Morgan fingerprint density at radius 1 is 0.731 bits per heavy atom.